The topological polar surface area (TPSA) is 45.9 Å². The molecule has 0 bridgehead atoms. The Bertz CT molecular complexity index is 529. The molecule has 0 saturated heterocycles. The van der Waals surface area contributed by atoms with Crippen molar-refractivity contribution in [1.29, 1.82) is 5.26 Å². The van der Waals surface area contributed by atoms with Crippen LogP contribution in [0.1, 0.15) is 5.56 Å². The van der Waals surface area contributed by atoms with Gasteiger partial charge in [-0.05, 0) is 24.3 Å². The normalized spacial score (nSPS) is 9.50. The Labute approximate surface area is 93.9 Å². The van der Waals surface area contributed by atoms with Gasteiger partial charge in [0.05, 0.1) is 18.7 Å². The first kappa shape index (κ1) is 10.2. The molecule has 1 heterocycles. The smallest absolute Gasteiger partial charge is 0.128 e. The van der Waals surface area contributed by atoms with Crippen molar-refractivity contribution in [3.05, 3.63) is 48.3 Å². The molecule has 0 radical (unpaired) electrons. The van der Waals surface area contributed by atoms with E-state index in [-0.39, 0.29) is 0 Å². The van der Waals surface area contributed by atoms with E-state index in [0.717, 1.165) is 11.1 Å². The molecule has 2 aromatic rings. The van der Waals surface area contributed by atoms with E-state index in [0.29, 0.717) is 11.3 Å². The number of ether oxygens (including phenoxy) is 1. The SMILES string of the molecule is COc1cc(C#N)ccc1-c1cccnc1. The lowest BCUT2D eigenvalue weighted by molar-refractivity contribution is 0.416. The van der Waals surface area contributed by atoms with Crippen molar-refractivity contribution >= 4 is 0 Å². The fourth-order valence-electron chi connectivity index (χ4n) is 1.52. The average molecular weight is 210 g/mol. The molecule has 0 spiro atoms. The van der Waals surface area contributed by atoms with Crippen molar-refractivity contribution in [1.82, 2.24) is 4.98 Å². The Morgan fingerprint density at radius 2 is 2.19 bits per heavy atom. The van der Waals surface area contributed by atoms with Crippen LogP contribution in [0.25, 0.3) is 11.1 Å². The third-order valence-electron chi connectivity index (χ3n) is 2.30. The van der Waals surface area contributed by atoms with Gasteiger partial charge in [0.25, 0.3) is 0 Å². The molecule has 2 rings (SSSR count). The van der Waals surface area contributed by atoms with Crippen LogP contribution in [0.2, 0.25) is 0 Å². The lowest BCUT2D eigenvalue weighted by Gasteiger charge is -2.08. The first-order chi connectivity index (χ1) is 7.85. The van der Waals surface area contributed by atoms with E-state index < -0.39 is 0 Å². The molecule has 0 aliphatic rings. The van der Waals surface area contributed by atoms with E-state index in [1.165, 1.54) is 0 Å². The van der Waals surface area contributed by atoms with E-state index in [1.54, 1.807) is 31.6 Å². The summed E-state index contributed by atoms with van der Waals surface area (Å²) >= 11 is 0. The number of nitrogens with zero attached hydrogens (tertiary/aromatic N) is 2. The molecule has 0 unspecified atom stereocenters. The summed E-state index contributed by atoms with van der Waals surface area (Å²) in [6.45, 7) is 0. The van der Waals surface area contributed by atoms with E-state index in [4.69, 9.17) is 10.00 Å². The number of nitriles is 1. The molecule has 0 saturated carbocycles. The molecule has 0 aliphatic heterocycles. The van der Waals surface area contributed by atoms with Crippen molar-refractivity contribution in [3.63, 3.8) is 0 Å². The Balaban J connectivity index is 2.54. The van der Waals surface area contributed by atoms with E-state index >= 15 is 0 Å². The van der Waals surface area contributed by atoms with Crippen LogP contribution in [0.3, 0.4) is 0 Å². The van der Waals surface area contributed by atoms with Crippen molar-refractivity contribution in [2.75, 3.05) is 7.11 Å². The maximum Gasteiger partial charge on any atom is 0.128 e. The predicted molar refractivity (Wildman–Crippen MR) is 60.9 cm³/mol. The third kappa shape index (κ3) is 1.86. The number of pyridine rings is 1. The first-order valence-corrected chi connectivity index (χ1v) is 4.83. The second-order valence-corrected chi connectivity index (χ2v) is 3.27. The van der Waals surface area contributed by atoms with E-state index in [9.17, 15) is 0 Å². The monoisotopic (exact) mass is 210 g/mol. The third-order valence-corrected chi connectivity index (χ3v) is 2.30. The molecule has 1 aromatic heterocycles. The summed E-state index contributed by atoms with van der Waals surface area (Å²) in [4.78, 5) is 4.06. The lowest BCUT2D eigenvalue weighted by Crippen LogP contribution is -1.89. The van der Waals surface area contributed by atoms with E-state index in [1.807, 2.05) is 18.2 Å². The van der Waals surface area contributed by atoms with Gasteiger partial charge in [-0.3, -0.25) is 4.98 Å². The quantitative estimate of drug-likeness (QED) is 0.765. The standard InChI is InChI=1S/C13H10N2O/c1-16-13-7-10(8-14)4-5-12(13)11-3-2-6-15-9-11/h2-7,9H,1H3. The minimum atomic E-state index is 0.587. The maximum absolute atomic E-state index is 8.80. The van der Waals surface area contributed by atoms with Gasteiger partial charge < -0.3 is 4.74 Å². The summed E-state index contributed by atoms with van der Waals surface area (Å²) < 4.78 is 5.26. The number of hydrogen-bond donors (Lipinski definition) is 0. The number of aromatic nitrogens is 1. The van der Waals surface area contributed by atoms with Gasteiger partial charge in [-0.15, -0.1) is 0 Å². The van der Waals surface area contributed by atoms with Gasteiger partial charge in [0.2, 0.25) is 0 Å². The molecule has 1 aromatic carbocycles. The van der Waals surface area contributed by atoms with Crippen molar-refractivity contribution in [2.45, 2.75) is 0 Å². The zero-order valence-corrected chi connectivity index (χ0v) is 8.84. The number of rotatable bonds is 2. The van der Waals surface area contributed by atoms with Crippen LogP contribution in [-0.2, 0) is 0 Å². The molecule has 16 heavy (non-hydrogen) atoms. The van der Waals surface area contributed by atoms with Gasteiger partial charge in [0.15, 0.2) is 0 Å². The van der Waals surface area contributed by atoms with Crippen LogP contribution < -0.4 is 4.74 Å². The maximum atomic E-state index is 8.80. The van der Waals surface area contributed by atoms with Gasteiger partial charge in [-0.2, -0.15) is 5.26 Å². The number of hydrogen-bond acceptors (Lipinski definition) is 3. The Morgan fingerprint density at radius 1 is 1.31 bits per heavy atom. The minimum Gasteiger partial charge on any atom is -0.496 e. The minimum absolute atomic E-state index is 0.587. The Kier molecular flexibility index (Phi) is 2.84. The lowest BCUT2D eigenvalue weighted by atomic mass is 10.0. The van der Waals surface area contributed by atoms with Crippen LogP contribution in [0.4, 0.5) is 0 Å². The van der Waals surface area contributed by atoms with Crippen molar-refractivity contribution < 1.29 is 4.74 Å². The summed E-state index contributed by atoms with van der Waals surface area (Å²) in [5.74, 6) is 0.687. The fraction of sp³-hybridized carbons (Fsp3) is 0.0769. The highest BCUT2D eigenvalue weighted by Crippen LogP contribution is 2.29. The molecule has 3 nitrogen and oxygen atoms in total. The van der Waals surface area contributed by atoms with Gasteiger partial charge in [0, 0.05) is 23.5 Å². The number of benzene rings is 1. The van der Waals surface area contributed by atoms with Gasteiger partial charge in [0.1, 0.15) is 5.75 Å². The largest absolute Gasteiger partial charge is 0.496 e. The van der Waals surface area contributed by atoms with Crippen molar-refractivity contribution in [3.8, 4) is 22.9 Å². The van der Waals surface area contributed by atoms with Crippen LogP contribution in [0.5, 0.6) is 5.75 Å². The van der Waals surface area contributed by atoms with E-state index in [2.05, 4.69) is 11.1 Å². The molecule has 0 N–H and O–H groups in total. The molecule has 3 heteroatoms. The predicted octanol–water partition coefficient (Wildman–Crippen LogP) is 2.63. The van der Waals surface area contributed by atoms with Crippen LogP contribution in [-0.4, -0.2) is 12.1 Å². The Morgan fingerprint density at radius 3 is 2.81 bits per heavy atom. The molecular formula is C13H10N2O. The summed E-state index contributed by atoms with van der Waals surface area (Å²) in [5, 5.41) is 8.80. The molecule has 78 valence electrons. The van der Waals surface area contributed by atoms with Crippen molar-refractivity contribution in [2.24, 2.45) is 0 Å². The molecule has 0 atom stereocenters. The molecule has 0 fully saturated rings. The van der Waals surface area contributed by atoms with Gasteiger partial charge in [-0.25, -0.2) is 0 Å². The molecule has 0 amide bonds. The van der Waals surface area contributed by atoms with Gasteiger partial charge >= 0.3 is 0 Å². The van der Waals surface area contributed by atoms with Crippen LogP contribution in [0.15, 0.2) is 42.7 Å². The molecule has 0 aliphatic carbocycles. The highest BCUT2D eigenvalue weighted by atomic mass is 16.5. The highest BCUT2D eigenvalue weighted by molar-refractivity contribution is 5.70. The number of methoxy groups -OCH3 is 1. The molecular weight excluding hydrogens is 200 g/mol. The summed E-state index contributed by atoms with van der Waals surface area (Å²) in [5.41, 5.74) is 2.50. The zero-order valence-electron chi connectivity index (χ0n) is 8.84. The van der Waals surface area contributed by atoms with Crippen LogP contribution in [0, 0.1) is 11.3 Å². The highest BCUT2D eigenvalue weighted by Gasteiger charge is 2.06. The first-order valence-electron chi connectivity index (χ1n) is 4.83. The summed E-state index contributed by atoms with van der Waals surface area (Å²) in [6.07, 6.45) is 3.49. The summed E-state index contributed by atoms with van der Waals surface area (Å²) in [7, 11) is 1.59. The zero-order chi connectivity index (χ0) is 11.4. The summed E-state index contributed by atoms with van der Waals surface area (Å²) in [6, 6.07) is 11.3. The average Bonchev–Trinajstić information content (AvgIpc) is 2.39. The van der Waals surface area contributed by atoms with Crippen LogP contribution >= 0.6 is 0 Å². The second kappa shape index (κ2) is 4.45. The van der Waals surface area contributed by atoms with Gasteiger partial charge in [-0.1, -0.05) is 6.07 Å². The second-order valence-electron chi connectivity index (χ2n) is 3.27. The Hall–Kier alpha value is -2.34. The fourth-order valence-corrected chi connectivity index (χ4v) is 1.52.